The van der Waals surface area contributed by atoms with E-state index >= 15 is 0 Å². The minimum atomic E-state index is -0.814. The second-order valence-corrected chi connectivity index (χ2v) is 3.45. The molecule has 0 heterocycles. The number of rotatable bonds is 5. The van der Waals surface area contributed by atoms with Crippen LogP contribution in [-0.2, 0) is 0 Å². The first-order chi connectivity index (χ1) is 8.06. The summed E-state index contributed by atoms with van der Waals surface area (Å²) in [6.45, 7) is 1.03. The summed E-state index contributed by atoms with van der Waals surface area (Å²) in [5.41, 5.74) is 0.432. The summed E-state index contributed by atoms with van der Waals surface area (Å²) in [5.74, 6) is -0.814. The Kier molecular flexibility index (Phi) is 4.33. The van der Waals surface area contributed by atoms with E-state index in [-0.39, 0.29) is 5.70 Å². The molecule has 0 bridgehead atoms. The van der Waals surface area contributed by atoms with Crippen LogP contribution in [0.1, 0.15) is 18.4 Å². The lowest BCUT2D eigenvalue weighted by atomic mass is 9.95. The van der Waals surface area contributed by atoms with E-state index in [4.69, 9.17) is 0 Å². The van der Waals surface area contributed by atoms with Crippen molar-refractivity contribution in [3.63, 3.8) is 0 Å². The fourth-order valence-electron chi connectivity index (χ4n) is 1.64. The quantitative estimate of drug-likeness (QED) is 0.579. The van der Waals surface area contributed by atoms with E-state index in [2.05, 4.69) is 0 Å². The summed E-state index contributed by atoms with van der Waals surface area (Å²) >= 11 is 0. The largest absolute Gasteiger partial charge is 0.265 e. The first kappa shape index (κ1) is 12.8. The molecule has 1 rings (SSSR count). The zero-order valence-corrected chi connectivity index (χ0v) is 9.28. The Morgan fingerprint density at radius 2 is 1.88 bits per heavy atom. The van der Waals surface area contributed by atoms with Crippen LogP contribution in [0.15, 0.2) is 42.1 Å². The van der Waals surface area contributed by atoms with Gasteiger partial charge in [-0.05, 0) is 18.6 Å². The second-order valence-electron chi connectivity index (χ2n) is 3.45. The van der Waals surface area contributed by atoms with Gasteiger partial charge in [0.25, 0.3) is 5.70 Å². The van der Waals surface area contributed by atoms with Gasteiger partial charge in [-0.25, -0.2) is 0 Å². The van der Waals surface area contributed by atoms with E-state index in [0.717, 1.165) is 0 Å². The van der Waals surface area contributed by atoms with E-state index < -0.39 is 22.3 Å². The van der Waals surface area contributed by atoms with Crippen molar-refractivity contribution in [1.82, 2.24) is 0 Å². The van der Waals surface area contributed by atoms with Gasteiger partial charge in [0.2, 0.25) is 6.54 Å². The topological polar surface area (TPSA) is 86.3 Å². The van der Waals surface area contributed by atoms with Crippen molar-refractivity contribution in [3.8, 4) is 0 Å². The van der Waals surface area contributed by atoms with Crippen LogP contribution < -0.4 is 0 Å². The molecule has 0 amide bonds. The van der Waals surface area contributed by atoms with Crippen molar-refractivity contribution in [1.29, 1.82) is 0 Å². The van der Waals surface area contributed by atoms with Gasteiger partial charge in [0.15, 0.2) is 0 Å². The lowest BCUT2D eigenvalue weighted by molar-refractivity contribution is -0.494. The molecule has 6 nitrogen and oxygen atoms in total. The van der Waals surface area contributed by atoms with Crippen molar-refractivity contribution in [2.75, 3.05) is 6.54 Å². The van der Waals surface area contributed by atoms with Crippen LogP contribution in [0.4, 0.5) is 0 Å². The van der Waals surface area contributed by atoms with Gasteiger partial charge in [0, 0.05) is 4.92 Å². The van der Waals surface area contributed by atoms with E-state index in [1.165, 1.54) is 13.0 Å². The predicted octanol–water partition coefficient (Wildman–Crippen LogP) is 2.23. The highest BCUT2D eigenvalue weighted by atomic mass is 16.6. The van der Waals surface area contributed by atoms with Crippen molar-refractivity contribution in [2.45, 2.75) is 12.8 Å². The van der Waals surface area contributed by atoms with Gasteiger partial charge >= 0.3 is 0 Å². The fourth-order valence-corrected chi connectivity index (χ4v) is 1.64. The smallest absolute Gasteiger partial charge is 0.256 e. The third-order valence-corrected chi connectivity index (χ3v) is 2.40. The summed E-state index contributed by atoms with van der Waals surface area (Å²) in [6, 6.07) is 8.47. The van der Waals surface area contributed by atoms with Gasteiger partial charge in [0.05, 0.1) is 4.92 Å². The van der Waals surface area contributed by atoms with Crippen molar-refractivity contribution < 1.29 is 9.85 Å². The number of nitro groups is 2. The standard InChI is InChI=1S/C11H12N2O4/c1-2-11(13(16)17)10(8-12(14)15)9-6-4-3-5-7-9/h2-7,10H,8H2,1H3/b11-2-. The first-order valence-corrected chi connectivity index (χ1v) is 5.03. The molecule has 0 fully saturated rings. The fraction of sp³-hybridized carbons (Fsp3) is 0.273. The highest BCUT2D eigenvalue weighted by Gasteiger charge is 2.30. The third kappa shape index (κ3) is 3.37. The van der Waals surface area contributed by atoms with Crippen molar-refractivity contribution in [2.24, 2.45) is 0 Å². The van der Waals surface area contributed by atoms with Gasteiger partial charge in [0.1, 0.15) is 5.92 Å². The molecule has 0 radical (unpaired) electrons. The zero-order chi connectivity index (χ0) is 12.8. The van der Waals surface area contributed by atoms with Crippen LogP contribution in [0.2, 0.25) is 0 Å². The third-order valence-electron chi connectivity index (χ3n) is 2.40. The summed E-state index contributed by atoms with van der Waals surface area (Å²) in [7, 11) is 0. The Bertz CT molecular complexity index is 442. The Morgan fingerprint density at radius 3 is 2.29 bits per heavy atom. The summed E-state index contributed by atoms with van der Waals surface area (Å²) < 4.78 is 0. The Labute approximate surface area is 97.9 Å². The van der Waals surface area contributed by atoms with Crippen molar-refractivity contribution >= 4 is 0 Å². The SMILES string of the molecule is C/C=C(/C(C[N+](=O)[O-])c1ccccc1)[N+](=O)[O-]. The predicted molar refractivity (Wildman–Crippen MR) is 61.8 cm³/mol. The van der Waals surface area contributed by atoms with Crippen LogP contribution in [0.25, 0.3) is 0 Å². The van der Waals surface area contributed by atoms with Gasteiger partial charge < -0.3 is 0 Å². The zero-order valence-electron chi connectivity index (χ0n) is 9.28. The number of benzene rings is 1. The molecule has 0 aliphatic rings. The lowest BCUT2D eigenvalue weighted by Gasteiger charge is -2.10. The Balaban J connectivity index is 3.12. The molecule has 1 atom stereocenters. The minimum absolute atomic E-state index is 0.145. The van der Waals surface area contributed by atoms with E-state index in [9.17, 15) is 20.2 Å². The van der Waals surface area contributed by atoms with Crippen LogP contribution in [0.3, 0.4) is 0 Å². The summed E-state index contributed by atoms with van der Waals surface area (Å²) in [4.78, 5) is 20.3. The first-order valence-electron chi connectivity index (χ1n) is 5.03. The average Bonchev–Trinajstić information content (AvgIpc) is 2.29. The van der Waals surface area contributed by atoms with Crippen LogP contribution in [-0.4, -0.2) is 16.4 Å². The molecule has 6 heteroatoms. The molecule has 90 valence electrons. The van der Waals surface area contributed by atoms with Crippen LogP contribution in [0.5, 0.6) is 0 Å². The van der Waals surface area contributed by atoms with Crippen LogP contribution >= 0.6 is 0 Å². The lowest BCUT2D eigenvalue weighted by Crippen LogP contribution is -2.19. The molecule has 0 saturated heterocycles. The maximum atomic E-state index is 10.8. The molecule has 0 N–H and O–H groups in total. The summed E-state index contributed by atoms with van der Waals surface area (Å²) in [5, 5.41) is 21.4. The van der Waals surface area contributed by atoms with Gasteiger partial charge in [-0.3, -0.25) is 20.2 Å². The Morgan fingerprint density at radius 1 is 1.29 bits per heavy atom. The molecule has 1 aromatic rings. The normalized spacial score (nSPS) is 13.1. The molecule has 0 aliphatic heterocycles. The molecule has 1 aromatic carbocycles. The van der Waals surface area contributed by atoms with Gasteiger partial charge in [-0.2, -0.15) is 0 Å². The highest BCUT2D eigenvalue weighted by molar-refractivity contribution is 5.26. The maximum absolute atomic E-state index is 10.8. The number of allylic oxidation sites excluding steroid dienone is 1. The number of nitrogens with zero attached hydrogens (tertiary/aromatic N) is 2. The van der Waals surface area contributed by atoms with E-state index in [1.807, 2.05) is 0 Å². The molecular formula is C11H12N2O4. The molecule has 1 unspecified atom stereocenters. The molecule has 0 spiro atoms. The monoisotopic (exact) mass is 236 g/mol. The van der Waals surface area contributed by atoms with E-state index in [0.29, 0.717) is 5.56 Å². The highest BCUT2D eigenvalue weighted by Crippen LogP contribution is 2.24. The van der Waals surface area contributed by atoms with E-state index in [1.54, 1.807) is 30.3 Å². The summed E-state index contributed by atoms with van der Waals surface area (Å²) in [6.07, 6.45) is 1.31. The minimum Gasteiger partial charge on any atom is -0.265 e. The second kappa shape index (κ2) is 5.74. The van der Waals surface area contributed by atoms with Crippen LogP contribution in [0, 0.1) is 20.2 Å². The molecule has 0 saturated carbocycles. The molecule has 0 aliphatic carbocycles. The molecular weight excluding hydrogens is 224 g/mol. The maximum Gasteiger partial charge on any atom is 0.256 e. The average molecular weight is 236 g/mol. The van der Waals surface area contributed by atoms with Gasteiger partial charge in [-0.1, -0.05) is 30.3 Å². The molecule has 17 heavy (non-hydrogen) atoms. The Hall–Kier alpha value is -2.24. The number of hydrogen-bond donors (Lipinski definition) is 0. The van der Waals surface area contributed by atoms with Crippen molar-refractivity contribution in [3.05, 3.63) is 67.9 Å². The number of hydrogen-bond acceptors (Lipinski definition) is 4. The molecule has 0 aromatic heterocycles. The van der Waals surface area contributed by atoms with Gasteiger partial charge in [-0.15, -0.1) is 0 Å².